The minimum Gasteiger partial charge on any atom is -0.341 e. The molecule has 144 valence electrons. The maximum atomic E-state index is 13.0. The molecule has 0 bridgehead atoms. The van der Waals surface area contributed by atoms with Gasteiger partial charge >= 0.3 is 6.18 Å². The summed E-state index contributed by atoms with van der Waals surface area (Å²) in [5.41, 5.74) is -0.932. The second kappa shape index (κ2) is 7.72. The summed E-state index contributed by atoms with van der Waals surface area (Å²) in [7, 11) is 0. The van der Waals surface area contributed by atoms with Crippen molar-refractivity contribution in [1.29, 1.82) is 0 Å². The predicted octanol–water partition coefficient (Wildman–Crippen LogP) is 4.64. The maximum absolute atomic E-state index is 13.0. The third-order valence-electron chi connectivity index (χ3n) is 4.47. The van der Waals surface area contributed by atoms with Gasteiger partial charge in [-0.15, -0.1) is 0 Å². The first kappa shape index (κ1) is 19.4. The van der Waals surface area contributed by atoms with Gasteiger partial charge in [0.25, 0.3) is 5.91 Å². The standard InChI is InChI=1S/C18H18ClF3N4O/c1-11-5-8-26(9-6-11)17-23-7-4-15(25-17)16(27)24-12-2-3-14(19)13(10-12)18(20,21)22/h2-4,7,10-11H,5-6,8-9H2,1H3,(H,24,27). The predicted molar refractivity (Wildman–Crippen MR) is 97.1 cm³/mol. The van der Waals surface area contributed by atoms with Crippen LogP contribution in [0.5, 0.6) is 0 Å². The number of nitrogens with zero attached hydrogens (tertiary/aromatic N) is 3. The van der Waals surface area contributed by atoms with Crippen molar-refractivity contribution >= 4 is 29.1 Å². The Morgan fingerprint density at radius 2 is 1.96 bits per heavy atom. The highest BCUT2D eigenvalue weighted by molar-refractivity contribution is 6.31. The second-order valence-corrected chi connectivity index (χ2v) is 6.97. The van der Waals surface area contributed by atoms with Gasteiger partial charge in [-0.1, -0.05) is 18.5 Å². The summed E-state index contributed by atoms with van der Waals surface area (Å²) in [6, 6.07) is 4.63. The number of hydrogen-bond donors (Lipinski definition) is 1. The molecule has 2 heterocycles. The first-order valence-corrected chi connectivity index (χ1v) is 8.88. The Bertz CT molecular complexity index is 836. The lowest BCUT2D eigenvalue weighted by Gasteiger charge is -2.30. The molecule has 1 N–H and O–H groups in total. The SMILES string of the molecule is CC1CCN(c2nccc(C(=O)Nc3ccc(Cl)c(C(F)(F)F)c3)n2)CC1. The van der Waals surface area contributed by atoms with Crippen LogP contribution in [0.3, 0.4) is 0 Å². The number of carbonyl (C=O) groups excluding carboxylic acids is 1. The molecule has 1 aromatic heterocycles. The van der Waals surface area contributed by atoms with E-state index in [0.717, 1.165) is 38.1 Å². The zero-order valence-corrected chi connectivity index (χ0v) is 15.3. The van der Waals surface area contributed by atoms with E-state index in [-0.39, 0.29) is 11.4 Å². The Labute approximate surface area is 159 Å². The van der Waals surface area contributed by atoms with Gasteiger partial charge in [-0.25, -0.2) is 9.97 Å². The topological polar surface area (TPSA) is 58.1 Å². The van der Waals surface area contributed by atoms with E-state index in [1.165, 1.54) is 18.3 Å². The van der Waals surface area contributed by atoms with Crippen molar-refractivity contribution in [2.45, 2.75) is 25.9 Å². The van der Waals surface area contributed by atoms with Crippen LogP contribution in [0, 0.1) is 5.92 Å². The number of nitrogens with one attached hydrogen (secondary N) is 1. The number of rotatable bonds is 3. The Hall–Kier alpha value is -2.35. The summed E-state index contributed by atoms with van der Waals surface area (Å²) in [5, 5.41) is 2.00. The van der Waals surface area contributed by atoms with E-state index in [1.54, 1.807) is 0 Å². The van der Waals surface area contributed by atoms with Crippen LogP contribution in [0.2, 0.25) is 5.02 Å². The van der Waals surface area contributed by atoms with Crippen molar-refractivity contribution in [3.05, 3.63) is 46.7 Å². The summed E-state index contributed by atoms with van der Waals surface area (Å²) >= 11 is 5.59. The monoisotopic (exact) mass is 398 g/mol. The molecule has 0 saturated carbocycles. The molecular formula is C18H18ClF3N4O. The van der Waals surface area contributed by atoms with Crippen LogP contribution < -0.4 is 10.2 Å². The van der Waals surface area contributed by atoms with Crippen LogP contribution >= 0.6 is 11.6 Å². The molecule has 1 saturated heterocycles. The van der Waals surface area contributed by atoms with Crippen molar-refractivity contribution in [2.75, 3.05) is 23.3 Å². The number of benzene rings is 1. The number of hydrogen-bond acceptors (Lipinski definition) is 4. The molecule has 0 spiro atoms. The van der Waals surface area contributed by atoms with Gasteiger partial charge in [0.1, 0.15) is 5.69 Å². The lowest BCUT2D eigenvalue weighted by molar-refractivity contribution is -0.137. The number of aromatic nitrogens is 2. The largest absolute Gasteiger partial charge is 0.417 e. The Morgan fingerprint density at radius 3 is 2.63 bits per heavy atom. The molecule has 9 heteroatoms. The fraction of sp³-hybridized carbons (Fsp3) is 0.389. The average Bonchev–Trinajstić information content (AvgIpc) is 2.63. The molecule has 1 amide bonds. The van der Waals surface area contributed by atoms with Gasteiger partial charge in [-0.2, -0.15) is 13.2 Å². The number of anilines is 2. The van der Waals surface area contributed by atoms with Crippen LogP contribution in [0.25, 0.3) is 0 Å². The number of amides is 1. The van der Waals surface area contributed by atoms with E-state index in [2.05, 4.69) is 22.2 Å². The molecule has 1 fully saturated rings. The number of carbonyl (C=O) groups is 1. The van der Waals surface area contributed by atoms with Crippen molar-refractivity contribution in [2.24, 2.45) is 5.92 Å². The summed E-state index contributed by atoms with van der Waals surface area (Å²) in [6.45, 7) is 3.79. The third kappa shape index (κ3) is 4.68. The summed E-state index contributed by atoms with van der Waals surface area (Å²) in [6.07, 6.45) is -1.10. The van der Waals surface area contributed by atoms with Gasteiger partial charge < -0.3 is 10.2 Å². The number of halogens is 4. The fourth-order valence-electron chi connectivity index (χ4n) is 2.85. The van der Waals surface area contributed by atoms with Crippen LogP contribution in [-0.4, -0.2) is 29.0 Å². The van der Waals surface area contributed by atoms with Gasteiger partial charge in [0.2, 0.25) is 5.95 Å². The fourth-order valence-corrected chi connectivity index (χ4v) is 3.08. The zero-order chi connectivity index (χ0) is 19.6. The Balaban J connectivity index is 1.76. The van der Waals surface area contributed by atoms with Crippen LogP contribution in [0.15, 0.2) is 30.5 Å². The van der Waals surface area contributed by atoms with Gasteiger partial charge in [0, 0.05) is 25.0 Å². The molecule has 0 aliphatic carbocycles. The van der Waals surface area contributed by atoms with Gasteiger partial charge in [0.05, 0.1) is 10.6 Å². The highest BCUT2D eigenvalue weighted by atomic mass is 35.5. The third-order valence-corrected chi connectivity index (χ3v) is 4.80. The van der Waals surface area contributed by atoms with E-state index in [4.69, 9.17) is 11.6 Å². The lowest BCUT2D eigenvalue weighted by Crippen LogP contribution is -2.34. The Kier molecular flexibility index (Phi) is 5.55. The van der Waals surface area contributed by atoms with E-state index < -0.39 is 22.7 Å². The number of piperidine rings is 1. The van der Waals surface area contributed by atoms with E-state index >= 15 is 0 Å². The van der Waals surface area contributed by atoms with Crippen molar-refractivity contribution in [1.82, 2.24) is 9.97 Å². The molecule has 1 aliphatic rings. The van der Waals surface area contributed by atoms with Gasteiger partial charge in [-0.05, 0) is 43.0 Å². The molecule has 3 rings (SSSR count). The molecule has 27 heavy (non-hydrogen) atoms. The molecule has 0 radical (unpaired) electrons. The van der Waals surface area contributed by atoms with Gasteiger partial charge in [-0.3, -0.25) is 4.79 Å². The minimum absolute atomic E-state index is 0.0105. The lowest BCUT2D eigenvalue weighted by atomic mass is 10.00. The smallest absolute Gasteiger partial charge is 0.341 e. The highest BCUT2D eigenvalue weighted by Crippen LogP contribution is 2.36. The Morgan fingerprint density at radius 1 is 1.26 bits per heavy atom. The van der Waals surface area contributed by atoms with Crippen LogP contribution in [0.1, 0.15) is 35.8 Å². The van der Waals surface area contributed by atoms with Crippen LogP contribution in [-0.2, 0) is 6.18 Å². The average molecular weight is 399 g/mol. The molecule has 5 nitrogen and oxygen atoms in total. The van der Waals surface area contributed by atoms with Crippen LogP contribution in [0.4, 0.5) is 24.8 Å². The summed E-state index contributed by atoms with van der Waals surface area (Å²) in [4.78, 5) is 22.9. The van der Waals surface area contributed by atoms with Crippen molar-refractivity contribution in [3.63, 3.8) is 0 Å². The van der Waals surface area contributed by atoms with E-state index in [0.29, 0.717) is 11.9 Å². The molecule has 0 atom stereocenters. The highest BCUT2D eigenvalue weighted by Gasteiger charge is 2.33. The maximum Gasteiger partial charge on any atom is 0.417 e. The quantitative estimate of drug-likeness (QED) is 0.818. The molecular weight excluding hydrogens is 381 g/mol. The second-order valence-electron chi connectivity index (χ2n) is 6.56. The zero-order valence-electron chi connectivity index (χ0n) is 14.6. The van der Waals surface area contributed by atoms with Crippen molar-refractivity contribution in [3.8, 4) is 0 Å². The molecule has 0 unspecified atom stereocenters. The van der Waals surface area contributed by atoms with E-state index in [1.807, 2.05) is 4.90 Å². The normalized spacial score (nSPS) is 15.7. The van der Waals surface area contributed by atoms with Crippen molar-refractivity contribution < 1.29 is 18.0 Å². The first-order valence-electron chi connectivity index (χ1n) is 8.50. The summed E-state index contributed by atoms with van der Waals surface area (Å²) in [5.74, 6) is 0.474. The molecule has 2 aromatic rings. The minimum atomic E-state index is -4.61. The van der Waals surface area contributed by atoms with Gasteiger partial charge in [0.15, 0.2) is 0 Å². The number of alkyl halides is 3. The first-order chi connectivity index (χ1) is 12.7. The molecule has 1 aliphatic heterocycles. The molecule has 1 aromatic carbocycles. The van der Waals surface area contributed by atoms with E-state index in [9.17, 15) is 18.0 Å². The summed E-state index contributed by atoms with van der Waals surface area (Å²) < 4.78 is 38.9.